The average Bonchev–Trinajstić information content (AvgIpc) is 2.35. The third kappa shape index (κ3) is 1.43. The van der Waals surface area contributed by atoms with E-state index in [9.17, 15) is 4.79 Å². The highest BCUT2D eigenvalue weighted by atomic mass is 16.2. The highest BCUT2D eigenvalue weighted by Gasteiger charge is 2.49. The zero-order valence-corrected chi connectivity index (χ0v) is 9.71. The van der Waals surface area contributed by atoms with Crippen molar-refractivity contribution < 1.29 is 4.79 Å². The van der Waals surface area contributed by atoms with Gasteiger partial charge in [-0.3, -0.25) is 0 Å². The van der Waals surface area contributed by atoms with E-state index in [-0.39, 0.29) is 11.6 Å². The predicted octanol–water partition coefficient (Wildman–Crippen LogP) is 1.75. The van der Waals surface area contributed by atoms with Gasteiger partial charge in [0.05, 0.1) is 0 Å². The van der Waals surface area contributed by atoms with Crippen LogP contribution < -0.4 is 5.73 Å². The minimum absolute atomic E-state index is 0.188. The minimum Gasteiger partial charge on any atom is -0.385 e. The lowest BCUT2D eigenvalue weighted by Crippen LogP contribution is -2.55. The van der Waals surface area contributed by atoms with E-state index < -0.39 is 0 Å². The molecule has 1 aliphatic heterocycles. The molecule has 0 aromatic rings. The zero-order valence-electron chi connectivity index (χ0n) is 9.71. The summed E-state index contributed by atoms with van der Waals surface area (Å²) in [5.74, 6) is 0.519. The largest absolute Gasteiger partial charge is 0.385 e. The average molecular weight is 209 g/mol. The van der Waals surface area contributed by atoms with E-state index in [0.717, 1.165) is 25.7 Å². The summed E-state index contributed by atoms with van der Waals surface area (Å²) in [5.41, 5.74) is 6.00. The van der Waals surface area contributed by atoms with Gasteiger partial charge in [-0.05, 0) is 31.1 Å². The Morgan fingerprint density at radius 1 is 1.27 bits per heavy atom. The molecule has 4 nitrogen and oxygen atoms in total. The molecule has 2 N–H and O–H groups in total. The van der Waals surface area contributed by atoms with Gasteiger partial charge >= 0.3 is 6.03 Å². The molecule has 4 heteroatoms. The molecular weight excluding hydrogens is 190 g/mol. The van der Waals surface area contributed by atoms with Gasteiger partial charge < -0.3 is 10.6 Å². The minimum atomic E-state index is -0.271. The molecule has 2 rings (SSSR count). The summed E-state index contributed by atoms with van der Waals surface area (Å²) >= 11 is 0. The third-order valence-electron chi connectivity index (χ3n) is 4.05. The Morgan fingerprint density at radius 3 is 2.20 bits per heavy atom. The van der Waals surface area contributed by atoms with Crippen molar-refractivity contribution in [2.75, 3.05) is 7.05 Å². The van der Waals surface area contributed by atoms with Crippen LogP contribution in [-0.2, 0) is 0 Å². The Labute approximate surface area is 90.5 Å². The smallest absolute Gasteiger partial charge is 0.345 e. The van der Waals surface area contributed by atoms with Crippen LogP contribution in [0, 0.1) is 5.41 Å². The molecule has 2 aliphatic rings. The van der Waals surface area contributed by atoms with E-state index in [0.29, 0.717) is 11.3 Å². The summed E-state index contributed by atoms with van der Waals surface area (Å²) < 4.78 is 0. The molecule has 84 valence electrons. The molecule has 1 heterocycles. The lowest BCUT2D eigenvalue weighted by atomic mass is 9.68. The zero-order chi connectivity index (χ0) is 11.3. The monoisotopic (exact) mass is 209 g/mol. The van der Waals surface area contributed by atoms with E-state index in [1.54, 1.807) is 4.90 Å². The molecule has 0 saturated heterocycles. The summed E-state index contributed by atoms with van der Waals surface area (Å²) in [6.07, 6.45) is 4.08. The fraction of sp³-hybridized carbons (Fsp3) is 0.818. The van der Waals surface area contributed by atoms with Crippen molar-refractivity contribution >= 4 is 11.9 Å². The van der Waals surface area contributed by atoms with Crippen LogP contribution in [-0.4, -0.2) is 29.4 Å². The van der Waals surface area contributed by atoms with E-state index >= 15 is 0 Å². The molecule has 15 heavy (non-hydrogen) atoms. The lowest BCUT2D eigenvalue weighted by molar-refractivity contribution is 0.114. The van der Waals surface area contributed by atoms with Crippen LogP contribution in [0.3, 0.4) is 0 Å². The number of carbonyl (C=O) groups is 1. The topological polar surface area (TPSA) is 58.7 Å². The first-order valence-electron chi connectivity index (χ1n) is 5.50. The highest BCUT2D eigenvalue weighted by Crippen LogP contribution is 2.44. The SMILES string of the molecule is CN1C(=O)N=C(N)C12CCC(C)(C)CC2. The van der Waals surface area contributed by atoms with Gasteiger partial charge in [0.2, 0.25) is 0 Å². The van der Waals surface area contributed by atoms with Gasteiger partial charge in [-0.2, -0.15) is 4.99 Å². The first-order chi connectivity index (χ1) is 6.87. The third-order valence-corrected chi connectivity index (χ3v) is 4.05. The van der Waals surface area contributed by atoms with E-state index in [1.165, 1.54) is 0 Å². The number of nitrogens with two attached hydrogens (primary N) is 1. The molecule has 1 aliphatic carbocycles. The molecular formula is C11H19N3O. The van der Waals surface area contributed by atoms with Crippen LogP contribution in [0.25, 0.3) is 0 Å². The Bertz CT molecular complexity index is 323. The molecule has 0 radical (unpaired) electrons. The van der Waals surface area contributed by atoms with Crippen molar-refractivity contribution in [1.82, 2.24) is 4.90 Å². The van der Waals surface area contributed by atoms with Crippen LogP contribution in [0.4, 0.5) is 4.79 Å². The van der Waals surface area contributed by atoms with Crippen LogP contribution in [0.15, 0.2) is 4.99 Å². The predicted molar refractivity (Wildman–Crippen MR) is 59.8 cm³/mol. The molecule has 0 atom stereocenters. The summed E-state index contributed by atoms with van der Waals surface area (Å²) in [4.78, 5) is 17.1. The molecule has 0 unspecified atom stereocenters. The molecule has 0 aromatic carbocycles. The molecule has 0 bridgehead atoms. The standard InChI is InChI=1S/C11H19N3O/c1-10(2)4-6-11(7-5-10)8(12)13-9(15)14(11)3/h4-7H2,1-3H3,(H2,12,13,15). The number of likely N-dealkylation sites (N-methyl/N-ethyl adjacent to an activating group) is 1. The Hall–Kier alpha value is -1.06. The number of carbonyl (C=O) groups excluding carboxylic acids is 1. The van der Waals surface area contributed by atoms with Crippen molar-refractivity contribution in [2.24, 2.45) is 16.1 Å². The maximum atomic E-state index is 11.5. The van der Waals surface area contributed by atoms with Crippen molar-refractivity contribution in [3.05, 3.63) is 0 Å². The summed E-state index contributed by atoms with van der Waals surface area (Å²) in [6.45, 7) is 4.54. The van der Waals surface area contributed by atoms with Crippen molar-refractivity contribution in [1.29, 1.82) is 0 Å². The molecule has 0 aromatic heterocycles. The van der Waals surface area contributed by atoms with Crippen LogP contribution in [0.5, 0.6) is 0 Å². The molecule has 1 fully saturated rings. The second kappa shape index (κ2) is 2.97. The van der Waals surface area contributed by atoms with E-state index in [4.69, 9.17) is 5.73 Å². The number of hydrogen-bond donors (Lipinski definition) is 1. The Balaban J connectivity index is 2.23. The van der Waals surface area contributed by atoms with Crippen molar-refractivity contribution in [3.63, 3.8) is 0 Å². The molecule has 1 saturated carbocycles. The van der Waals surface area contributed by atoms with Crippen LogP contribution in [0.2, 0.25) is 0 Å². The summed E-state index contributed by atoms with van der Waals surface area (Å²) in [5, 5.41) is 0. The number of nitrogens with zero attached hydrogens (tertiary/aromatic N) is 2. The second-order valence-corrected chi connectivity index (χ2v) is 5.53. The van der Waals surface area contributed by atoms with Gasteiger partial charge in [-0.25, -0.2) is 4.79 Å². The quantitative estimate of drug-likeness (QED) is 0.660. The summed E-state index contributed by atoms with van der Waals surface area (Å²) in [7, 11) is 1.81. The van der Waals surface area contributed by atoms with Crippen molar-refractivity contribution in [2.45, 2.75) is 45.1 Å². The van der Waals surface area contributed by atoms with Crippen molar-refractivity contribution in [3.8, 4) is 0 Å². The fourth-order valence-electron chi connectivity index (χ4n) is 2.57. The molecule has 1 spiro atoms. The number of amides is 2. The molecule has 2 amide bonds. The van der Waals surface area contributed by atoms with Gasteiger partial charge in [0, 0.05) is 7.05 Å². The summed E-state index contributed by atoms with van der Waals surface area (Å²) in [6, 6.07) is -0.188. The Morgan fingerprint density at radius 2 is 1.80 bits per heavy atom. The first-order valence-corrected chi connectivity index (χ1v) is 5.50. The maximum absolute atomic E-state index is 11.5. The van der Waals surface area contributed by atoms with Crippen LogP contribution in [0.1, 0.15) is 39.5 Å². The number of rotatable bonds is 0. The van der Waals surface area contributed by atoms with E-state index in [1.807, 2.05) is 7.05 Å². The fourth-order valence-corrected chi connectivity index (χ4v) is 2.57. The number of amidine groups is 1. The Kier molecular flexibility index (Phi) is 2.07. The van der Waals surface area contributed by atoms with Gasteiger partial charge in [0.15, 0.2) is 0 Å². The van der Waals surface area contributed by atoms with Gasteiger partial charge in [-0.15, -0.1) is 0 Å². The second-order valence-electron chi connectivity index (χ2n) is 5.53. The number of urea groups is 1. The maximum Gasteiger partial charge on any atom is 0.345 e. The van der Waals surface area contributed by atoms with Gasteiger partial charge in [-0.1, -0.05) is 13.8 Å². The number of aliphatic imine (C=N–C) groups is 1. The van der Waals surface area contributed by atoms with Crippen LogP contribution >= 0.6 is 0 Å². The van der Waals surface area contributed by atoms with E-state index in [2.05, 4.69) is 18.8 Å². The van der Waals surface area contributed by atoms with Gasteiger partial charge in [0.1, 0.15) is 11.4 Å². The first kappa shape index (κ1) is 10.5. The lowest BCUT2D eigenvalue weighted by Gasteiger charge is -2.44. The highest BCUT2D eigenvalue weighted by molar-refractivity contribution is 6.05. The number of hydrogen-bond acceptors (Lipinski definition) is 2. The normalized spacial score (nSPS) is 28.3. The van der Waals surface area contributed by atoms with Gasteiger partial charge in [0.25, 0.3) is 0 Å².